The molecule has 0 spiro atoms. The molecule has 3 nitrogen and oxygen atoms in total. The maximum atomic E-state index is 6.02. The van der Waals surface area contributed by atoms with Crippen LogP contribution in [0.1, 0.15) is 20.3 Å². The maximum absolute atomic E-state index is 6.02. The van der Waals surface area contributed by atoms with Crippen molar-refractivity contribution in [2.24, 2.45) is 5.73 Å². The molecule has 1 aliphatic rings. The fraction of sp³-hybridized carbons (Fsp3) is 1.00. The predicted octanol–water partition coefficient (Wildman–Crippen LogP) is 0.102. The fourth-order valence-electron chi connectivity index (χ4n) is 1.17. The minimum Gasteiger partial charge on any atom is -0.379 e. The van der Waals surface area contributed by atoms with Gasteiger partial charge in [0.1, 0.15) is 0 Å². The van der Waals surface area contributed by atoms with Crippen LogP contribution in [0.4, 0.5) is 0 Å². The van der Waals surface area contributed by atoms with Crippen LogP contribution in [0.25, 0.3) is 0 Å². The molecule has 0 aliphatic carbocycles. The van der Waals surface area contributed by atoms with Gasteiger partial charge in [-0.3, -0.25) is 0 Å². The Labute approximate surface area is 68.3 Å². The highest BCUT2D eigenvalue weighted by Gasteiger charge is 2.29. The van der Waals surface area contributed by atoms with Crippen LogP contribution in [-0.4, -0.2) is 31.3 Å². The molecule has 1 rings (SSSR count). The van der Waals surface area contributed by atoms with Gasteiger partial charge in [-0.25, -0.2) is 0 Å². The first kappa shape index (κ1) is 8.97. The normalized spacial score (nSPS) is 31.6. The molecule has 1 unspecified atom stereocenters. The summed E-state index contributed by atoms with van der Waals surface area (Å²) in [5, 5.41) is 3.32. The Bertz CT molecular complexity index is 119. The van der Waals surface area contributed by atoms with E-state index in [0.717, 1.165) is 19.6 Å². The van der Waals surface area contributed by atoms with Gasteiger partial charge in [0.25, 0.3) is 0 Å². The van der Waals surface area contributed by atoms with Crippen molar-refractivity contribution in [3.8, 4) is 0 Å². The van der Waals surface area contributed by atoms with Crippen LogP contribution in [0.3, 0.4) is 0 Å². The van der Waals surface area contributed by atoms with Crippen molar-refractivity contribution < 1.29 is 4.74 Å². The van der Waals surface area contributed by atoms with Gasteiger partial charge in [-0.15, -0.1) is 0 Å². The Morgan fingerprint density at radius 3 is 2.82 bits per heavy atom. The standard InChI is InChI=1S/C8H18N2O/c1-7(2)10-5-8(9)3-4-11-6-8/h7,10H,3-6,9H2,1-2H3. The summed E-state index contributed by atoms with van der Waals surface area (Å²) in [6, 6.07) is 0.510. The monoisotopic (exact) mass is 158 g/mol. The SMILES string of the molecule is CC(C)NCC1(N)CCOC1. The van der Waals surface area contributed by atoms with E-state index in [1.807, 2.05) is 0 Å². The first-order valence-electron chi connectivity index (χ1n) is 4.22. The van der Waals surface area contributed by atoms with Crippen LogP contribution >= 0.6 is 0 Å². The van der Waals surface area contributed by atoms with Gasteiger partial charge >= 0.3 is 0 Å². The molecule has 0 aromatic carbocycles. The lowest BCUT2D eigenvalue weighted by Crippen LogP contribution is -2.50. The average Bonchev–Trinajstić information content (AvgIpc) is 2.33. The number of nitrogens with one attached hydrogen (secondary N) is 1. The molecular formula is C8H18N2O. The van der Waals surface area contributed by atoms with Crippen LogP contribution in [0.2, 0.25) is 0 Å². The Balaban J connectivity index is 2.23. The highest BCUT2D eigenvalue weighted by molar-refractivity contribution is 4.90. The minimum atomic E-state index is -0.107. The van der Waals surface area contributed by atoms with Gasteiger partial charge in [-0.1, -0.05) is 13.8 Å². The lowest BCUT2D eigenvalue weighted by Gasteiger charge is -2.23. The summed E-state index contributed by atoms with van der Waals surface area (Å²) in [5.41, 5.74) is 5.91. The third kappa shape index (κ3) is 2.77. The van der Waals surface area contributed by atoms with E-state index in [0.29, 0.717) is 12.6 Å². The number of hydrogen-bond donors (Lipinski definition) is 2. The van der Waals surface area contributed by atoms with Gasteiger partial charge < -0.3 is 15.8 Å². The summed E-state index contributed by atoms with van der Waals surface area (Å²) >= 11 is 0. The van der Waals surface area contributed by atoms with E-state index in [9.17, 15) is 0 Å². The van der Waals surface area contributed by atoms with Crippen molar-refractivity contribution in [2.75, 3.05) is 19.8 Å². The third-order valence-corrected chi connectivity index (χ3v) is 2.00. The first-order valence-corrected chi connectivity index (χ1v) is 4.22. The Morgan fingerprint density at radius 2 is 2.36 bits per heavy atom. The molecular weight excluding hydrogens is 140 g/mol. The largest absolute Gasteiger partial charge is 0.379 e. The minimum absolute atomic E-state index is 0.107. The van der Waals surface area contributed by atoms with Crippen LogP contribution in [0.5, 0.6) is 0 Å². The van der Waals surface area contributed by atoms with E-state index in [4.69, 9.17) is 10.5 Å². The lowest BCUT2D eigenvalue weighted by atomic mass is 10.0. The van der Waals surface area contributed by atoms with Crippen molar-refractivity contribution in [3.63, 3.8) is 0 Å². The molecule has 3 N–H and O–H groups in total. The number of hydrogen-bond acceptors (Lipinski definition) is 3. The van der Waals surface area contributed by atoms with Crippen molar-refractivity contribution in [1.29, 1.82) is 0 Å². The highest BCUT2D eigenvalue weighted by atomic mass is 16.5. The average molecular weight is 158 g/mol. The predicted molar refractivity (Wildman–Crippen MR) is 45.5 cm³/mol. The molecule has 0 saturated carbocycles. The first-order chi connectivity index (χ1) is 5.12. The molecule has 0 aromatic rings. The lowest BCUT2D eigenvalue weighted by molar-refractivity contribution is 0.176. The van der Waals surface area contributed by atoms with E-state index < -0.39 is 0 Å². The molecule has 1 fully saturated rings. The van der Waals surface area contributed by atoms with Gasteiger partial charge in [0.2, 0.25) is 0 Å². The molecule has 0 radical (unpaired) electrons. The quantitative estimate of drug-likeness (QED) is 0.612. The summed E-state index contributed by atoms with van der Waals surface area (Å²) in [6.07, 6.45) is 0.979. The summed E-state index contributed by atoms with van der Waals surface area (Å²) in [4.78, 5) is 0. The molecule has 0 bridgehead atoms. The molecule has 1 atom stereocenters. The number of rotatable bonds is 3. The molecule has 3 heteroatoms. The second-order valence-electron chi connectivity index (χ2n) is 3.70. The second-order valence-corrected chi connectivity index (χ2v) is 3.70. The van der Waals surface area contributed by atoms with Crippen molar-refractivity contribution in [2.45, 2.75) is 31.8 Å². The Hall–Kier alpha value is -0.120. The summed E-state index contributed by atoms with van der Waals surface area (Å²) in [6.45, 7) is 6.63. The van der Waals surface area contributed by atoms with Gasteiger partial charge in [-0.05, 0) is 6.42 Å². The van der Waals surface area contributed by atoms with Gasteiger partial charge in [0, 0.05) is 19.2 Å². The third-order valence-electron chi connectivity index (χ3n) is 2.00. The van der Waals surface area contributed by atoms with E-state index in [-0.39, 0.29) is 5.54 Å². The molecule has 1 saturated heterocycles. The molecule has 0 aromatic heterocycles. The molecule has 1 heterocycles. The van der Waals surface area contributed by atoms with Crippen molar-refractivity contribution in [3.05, 3.63) is 0 Å². The van der Waals surface area contributed by atoms with Gasteiger partial charge in [-0.2, -0.15) is 0 Å². The number of nitrogens with two attached hydrogens (primary N) is 1. The zero-order valence-electron chi connectivity index (χ0n) is 7.39. The fourth-order valence-corrected chi connectivity index (χ4v) is 1.17. The Morgan fingerprint density at radius 1 is 1.64 bits per heavy atom. The summed E-state index contributed by atoms with van der Waals surface area (Å²) in [7, 11) is 0. The molecule has 1 aliphatic heterocycles. The van der Waals surface area contributed by atoms with Crippen LogP contribution in [0.15, 0.2) is 0 Å². The zero-order valence-corrected chi connectivity index (χ0v) is 7.39. The second kappa shape index (κ2) is 3.52. The maximum Gasteiger partial charge on any atom is 0.0659 e. The Kier molecular flexibility index (Phi) is 2.87. The van der Waals surface area contributed by atoms with E-state index >= 15 is 0 Å². The van der Waals surface area contributed by atoms with Crippen LogP contribution in [-0.2, 0) is 4.74 Å². The van der Waals surface area contributed by atoms with Gasteiger partial charge in [0.15, 0.2) is 0 Å². The van der Waals surface area contributed by atoms with Gasteiger partial charge in [0.05, 0.1) is 12.1 Å². The van der Waals surface area contributed by atoms with Crippen molar-refractivity contribution in [1.82, 2.24) is 5.32 Å². The molecule has 0 amide bonds. The smallest absolute Gasteiger partial charge is 0.0659 e. The number of ether oxygens (including phenoxy) is 1. The summed E-state index contributed by atoms with van der Waals surface area (Å²) in [5.74, 6) is 0. The summed E-state index contributed by atoms with van der Waals surface area (Å²) < 4.78 is 5.23. The molecule has 66 valence electrons. The zero-order chi connectivity index (χ0) is 8.32. The van der Waals surface area contributed by atoms with E-state index in [1.165, 1.54) is 0 Å². The highest BCUT2D eigenvalue weighted by Crippen LogP contribution is 2.13. The van der Waals surface area contributed by atoms with Crippen LogP contribution in [0, 0.1) is 0 Å². The van der Waals surface area contributed by atoms with E-state index in [1.54, 1.807) is 0 Å². The topological polar surface area (TPSA) is 47.3 Å². The molecule has 11 heavy (non-hydrogen) atoms. The van der Waals surface area contributed by atoms with Crippen molar-refractivity contribution >= 4 is 0 Å². The van der Waals surface area contributed by atoms with E-state index in [2.05, 4.69) is 19.2 Å². The van der Waals surface area contributed by atoms with Crippen LogP contribution < -0.4 is 11.1 Å².